The molecule has 27 heavy (non-hydrogen) atoms. The van der Waals surface area contributed by atoms with E-state index in [0.717, 1.165) is 5.56 Å². The van der Waals surface area contributed by atoms with Gasteiger partial charge < -0.3 is 4.52 Å². The topological polar surface area (TPSA) is 96.0 Å². The zero-order chi connectivity index (χ0) is 19.6. The monoisotopic (exact) mass is 401 g/mol. The molecule has 0 unspecified atom stereocenters. The summed E-state index contributed by atoms with van der Waals surface area (Å²) in [5.74, 6) is -0.344. The van der Waals surface area contributed by atoms with Gasteiger partial charge in [-0.3, -0.25) is 4.72 Å². The summed E-state index contributed by atoms with van der Waals surface area (Å²) in [6, 6.07) is 16.2. The highest BCUT2D eigenvalue weighted by Crippen LogP contribution is 2.32. The number of nitriles is 1. The Morgan fingerprint density at radius 3 is 2.44 bits per heavy atom. The molecule has 138 valence electrons. The SMILES string of the molecule is Cc1noc(C)c1S(=O)(=O)Nc1ccc([C@@H](C#N)c2ccccc2)c(Cl)c1. The molecule has 0 fully saturated rings. The van der Waals surface area contributed by atoms with Crippen molar-refractivity contribution in [1.29, 1.82) is 5.26 Å². The van der Waals surface area contributed by atoms with Gasteiger partial charge in [-0.15, -0.1) is 0 Å². The lowest BCUT2D eigenvalue weighted by Gasteiger charge is -2.14. The van der Waals surface area contributed by atoms with Crippen LogP contribution in [0.3, 0.4) is 0 Å². The van der Waals surface area contributed by atoms with Crippen molar-refractivity contribution in [1.82, 2.24) is 5.16 Å². The van der Waals surface area contributed by atoms with Crippen LogP contribution in [0.1, 0.15) is 28.5 Å². The van der Waals surface area contributed by atoms with E-state index in [-0.39, 0.29) is 22.0 Å². The highest BCUT2D eigenvalue weighted by molar-refractivity contribution is 7.92. The van der Waals surface area contributed by atoms with Gasteiger partial charge in [0.15, 0.2) is 10.7 Å². The third-order valence-electron chi connectivity index (χ3n) is 4.06. The lowest BCUT2D eigenvalue weighted by Crippen LogP contribution is -2.14. The van der Waals surface area contributed by atoms with Gasteiger partial charge in [0.2, 0.25) is 0 Å². The van der Waals surface area contributed by atoms with Crippen molar-refractivity contribution >= 4 is 27.3 Å². The van der Waals surface area contributed by atoms with Crippen LogP contribution >= 0.6 is 11.6 Å². The summed E-state index contributed by atoms with van der Waals surface area (Å²) in [6.07, 6.45) is 0. The Morgan fingerprint density at radius 1 is 1.19 bits per heavy atom. The Labute approximate surface area is 162 Å². The molecule has 0 spiro atoms. The summed E-state index contributed by atoms with van der Waals surface area (Å²) < 4.78 is 32.6. The van der Waals surface area contributed by atoms with Crippen LogP contribution in [0.25, 0.3) is 0 Å². The van der Waals surface area contributed by atoms with E-state index in [9.17, 15) is 13.7 Å². The van der Waals surface area contributed by atoms with Crippen molar-refractivity contribution in [2.45, 2.75) is 24.7 Å². The van der Waals surface area contributed by atoms with E-state index in [1.54, 1.807) is 19.1 Å². The van der Waals surface area contributed by atoms with Crippen molar-refractivity contribution in [2.75, 3.05) is 4.72 Å². The van der Waals surface area contributed by atoms with E-state index in [2.05, 4.69) is 15.9 Å². The summed E-state index contributed by atoms with van der Waals surface area (Å²) in [7, 11) is -3.87. The van der Waals surface area contributed by atoms with Crippen LogP contribution in [0.15, 0.2) is 57.9 Å². The zero-order valence-electron chi connectivity index (χ0n) is 14.6. The number of benzene rings is 2. The number of halogens is 1. The lowest BCUT2D eigenvalue weighted by molar-refractivity contribution is 0.390. The number of aryl methyl sites for hydroxylation is 2. The second-order valence-corrected chi connectivity index (χ2v) is 7.99. The first-order valence-corrected chi connectivity index (χ1v) is 9.89. The van der Waals surface area contributed by atoms with Gasteiger partial charge in [-0.2, -0.15) is 5.26 Å². The molecule has 1 N–H and O–H groups in total. The fourth-order valence-electron chi connectivity index (χ4n) is 2.86. The van der Waals surface area contributed by atoms with E-state index >= 15 is 0 Å². The minimum atomic E-state index is -3.87. The van der Waals surface area contributed by atoms with Crippen LogP contribution in [0.4, 0.5) is 5.69 Å². The quantitative estimate of drug-likeness (QED) is 0.683. The van der Waals surface area contributed by atoms with E-state index in [1.807, 2.05) is 30.3 Å². The number of hydrogen-bond donors (Lipinski definition) is 1. The van der Waals surface area contributed by atoms with Crippen LogP contribution in [0, 0.1) is 25.2 Å². The fraction of sp³-hybridized carbons (Fsp3) is 0.158. The van der Waals surface area contributed by atoms with Gasteiger partial charge >= 0.3 is 0 Å². The van der Waals surface area contributed by atoms with Crippen molar-refractivity contribution in [2.24, 2.45) is 0 Å². The highest BCUT2D eigenvalue weighted by Gasteiger charge is 2.25. The molecule has 8 heteroatoms. The Kier molecular flexibility index (Phi) is 5.22. The Bertz CT molecular complexity index is 1100. The fourth-order valence-corrected chi connectivity index (χ4v) is 4.53. The Hall–Kier alpha value is -2.82. The van der Waals surface area contributed by atoms with Crippen molar-refractivity contribution in [3.05, 3.63) is 76.1 Å². The van der Waals surface area contributed by atoms with Gasteiger partial charge in [0.25, 0.3) is 10.0 Å². The molecule has 0 amide bonds. The van der Waals surface area contributed by atoms with Crippen molar-refractivity contribution in [3.8, 4) is 6.07 Å². The predicted molar refractivity (Wildman–Crippen MR) is 102 cm³/mol. The van der Waals surface area contributed by atoms with E-state index < -0.39 is 15.9 Å². The standard InChI is InChI=1S/C19H16ClN3O3S/c1-12-19(13(2)26-22-12)27(24,25)23-15-8-9-16(18(20)10-15)17(11-21)14-6-4-3-5-7-14/h3-10,17,23H,1-2H3/t17-/m0/s1. The molecule has 0 radical (unpaired) electrons. The molecule has 0 saturated carbocycles. The number of anilines is 1. The maximum Gasteiger partial charge on any atom is 0.267 e. The lowest BCUT2D eigenvalue weighted by atomic mass is 9.92. The Balaban J connectivity index is 1.93. The summed E-state index contributed by atoms with van der Waals surface area (Å²) in [5.41, 5.74) is 1.97. The number of hydrogen-bond acceptors (Lipinski definition) is 5. The van der Waals surface area contributed by atoms with Gasteiger partial charge in [0.1, 0.15) is 5.69 Å². The van der Waals surface area contributed by atoms with Crippen molar-refractivity contribution in [3.63, 3.8) is 0 Å². The third kappa shape index (κ3) is 3.82. The summed E-state index contributed by atoms with van der Waals surface area (Å²) in [6.45, 7) is 3.08. The summed E-state index contributed by atoms with van der Waals surface area (Å²) in [4.78, 5) is 0.00175. The molecular formula is C19H16ClN3O3S. The van der Waals surface area contributed by atoms with Gasteiger partial charge in [0, 0.05) is 5.02 Å². The highest BCUT2D eigenvalue weighted by atomic mass is 35.5. The Morgan fingerprint density at radius 2 is 1.89 bits per heavy atom. The number of aromatic nitrogens is 1. The largest absolute Gasteiger partial charge is 0.360 e. The average Bonchev–Trinajstić information content (AvgIpc) is 2.97. The second kappa shape index (κ2) is 7.43. The van der Waals surface area contributed by atoms with Gasteiger partial charge in [-0.1, -0.05) is 53.2 Å². The third-order valence-corrected chi connectivity index (χ3v) is 6.01. The maximum atomic E-state index is 12.6. The molecule has 1 aromatic heterocycles. The minimum Gasteiger partial charge on any atom is -0.360 e. The van der Waals surface area contributed by atoms with Crippen LogP contribution in [0.5, 0.6) is 0 Å². The normalized spacial score (nSPS) is 12.4. The van der Waals surface area contributed by atoms with Crippen LogP contribution < -0.4 is 4.72 Å². The van der Waals surface area contributed by atoms with E-state index in [4.69, 9.17) is 16.1 Å². The number of sulfonamides is 1. The van der Waals surface area contributed by atoms with Gasteiger partial charge in [-0.25, -0.2) is 8.42 Å². The second-order valence-electron chi connectivity index (χ2n) is 5.97. The van der Waals surface area contributed by atoms with Crippen LogP contribution in [0.2, 0.25) is 5.02 Å². The van der Waals surface area contributed by atoms with Crippen LogP contribution in [-0.4, -0.2) is 13.6 Å². The van der Waals surface area contributed by atoms with Gasteiger partial charge in [0.05, 0.1) is 17.7 Å². The molecule has 0 aliphatic heterocycles. The number of rotatable bonds is 5. The first-order valence-electron chi connectivity index (χ1n) is 8.03. The summed E-state index contributed by atoms with van der Waals surface area (Å²) in [5, 5.41) is 13.5. The molecule has 0 saturated heterocycles. The van der Waals surface area contributed by atoms with Crippen LogP contribution in [-0.2, 0) is 10.0 Å². The zero-order valence-corrected chi connectivity index (χ0v) is 16.2. The maximum absolute atomic E-state index is 12.6. The smallest absolute Gasteiger partial charge is 0.267 e. The number of nitrogens with one attached hydrogen (secondary N) is 1. The van der Waals surface area contributed by atoms with E-state index in [0.29, 0.717) is 10.6 Å². The molecule has 3 aromatic rings. The molecule has 1 atom stereocenters. The summed E-state index contributed by atoms with van der Waals surface area (Å²) >= 11 is 6.35. The molecule has 0 bridgehead atoms. The molecule has 6 nitrogen and oxygen atoms in total. The molecule has 2 aromatic carbocycles. The first kappa shape index (κ1) is 19.0. The van der Waals surface area contributed by atoms with E-state index in [1.165, 1.54) is 13.0 Å². The number of nitrogens with zero attached hydrogens (tertiary/aromatic N) is 2. The predicted octanol–water partition coefficient (Wildman–Crippen LogP) is 4.40. The van der Waals surface area contributed by atoms with Crippen molar-refractivity contribution < 1.29 is 12.9 Å². The average molecular weight is 402 g/mol. The molecule has 0 aliphatic rings. The molecule has 3 rings (SSSR count). The first-order chi connectivity index (χ1) is 12.8. The van der Waals surface area contributed by atoms with Gasteiger partial charge in [-0.05, 0) is 37.1 Å². The molecular weight excluding hydrogens is 386 g/mol. The molecule has 1 heterocycles. The minimum absolute atomic E-state index is 0.00175. The molecule has 0 aliphatic carbocycles.